The molecule has 0 saturated carbocycles. The standard InChI is InChI=1S/C13H18BrClN2/c1-9-7-11(16-2)5-6-17(9)13-4-3-10(14)8-12(13)15/h3-4,8-9,11,16H,5-7H2,1-2H3. The van der Waals surface area contributed by atoms with Crippen molar-refractivity contribution in [2.75, 3.05) is 18.5 Å². The summed E-state index contributed by atoms with van der Waals surface area (Å²) in [5.41, 5.74) is 1.15. The van der Waals surface area contributed by atoms with Gasteiger partial charge in [0.1, 0.15) is 0 Å². The van der Waals surface area contributed by atoms with Gasteiger partial charge in [-0.1, -0.05) is 27.5 Å². The Hall–Kier alpha value is -0.250. The Kier molecular flexibility index (Phi) is 4.34. The molecule has 1 aromatic carbocycles. The highest BCUT2D eigenvalue weighted by molar-refractivity contribution is 9.10. The summed E-state index contributed by atoms with van der Waals surface area (Å²) in [7, 11) is 2.04. The summed E-state index contributed by atoms with van der Waals surface area (Å²) in [6, 6.07) is 7.28. The summed E-state index contributed by atoms with van der Waals surface area (Å²) in [5, 5.41) is 4.19. The lowest BCUT2D eigenvalue weighted by atomic mass is 9.98. The van der Waals surface area contributed by atoms with Crippen molar-refractivity contribution in [3.8, 4) is 0 Å². The van der Waals surface area contributed by atoms with Gasteiger partial charge < -0.3 is 10.2 Å². The second-order valence-electron chi connectivity index (χ2n) is 4.65. The highest BCUT2D eigenvalue weighted by atomic mass is 79.9. The number of benzene rings is 1. The normalized spacial score (nSPS) is 25.1. The summed E-state index contributed by atoms with van der Waals surface area (Å²) >= 11 is 9.75. The topological polar surface area (TPSA) is 15.3 Å². The van der Waals surface area contributed by atoms with Crippen molar-refractivity contribution in [2.45, 2.75) is 31.8 Å². The molecule has 1 fully saturated rings. The molecule has 17 heavy (non-hydrogen) atoms. The summed E-state index contributed by atoms with van der Waals surface area (Å²) in [6.07, 6.45) is 2.34. The van der Waals surface area contributed by atoms with Gasteiger partial charge in [-0.2, -0.15) is 0 Å². The minimum atomic E-state index is 0.528. The number of nitrogens with zero attached hydrogens (tertiary/aromatic N) is 1. The molecule has 0 bridgehead atoms. The maximum Gasteiger partial charge on any atom is 0.0650 e. The number of halogens is 2. The van der Waals surface area contributed by atoms with Crippen LogP contribution < -0.4 is 10.2 Å². The molecule has 1 heterocycles. The molecule has 2 nitrogen and oxygen atoms in total. The molecule has 1 saturated heterocycles. The molecule has 0 aromatic heterocycles. The van der Waals surface area contributed by atoms with Crippen LogP contribution in [0.15, 0.2) is 22.7 Å². The Morgan fingerprint density at radius 1 is 1.47 bits per heavy atom. The van der Waals surface area contributed by atoms with Crippen LogP contribution in [0.4, 0.5) is 5.69 Å². The highest BCUT2D eigenvalue weighted by Crippen LogP contribution is 2.33. The molecule has 2 unspecified atom stereocenters. The van der Waals surface area contributed by atoms with Crippen molar-refractivity contribution < 1.29 is 0 Å². The van der Waals surface area contributed by atoms with Crippen LogP contribution in [0.3, 0.4) is 0 Å². The van der Waals surface area contributed by atoms with Crippen LogP contribution in [0, 0.1) is 0 Å². The van der Waals surface area contributed by atoms with E-state index in [1.54, 1.807) is 0 Å². The first-order valence-electron chi connectivity index (χ1n) is 6.00. The Bertz CT molecular complexity index is 397. The van der Waals surface area contributed by atoms with Gasteiger partial charge in [0.05, 0.1) is 10.7 Å². The van der Waals surface area contributed by atoms with Crippen LogP contribution in [0.1, 0.15) is 19.8 Å². The first kappa shape index (κ1) is 13.2. The van der Waals surface area contributed by atoms with E-state index in [0.29, 0.717) is 12.1 Å². The third-order valence-corrected chi connectivity index (χ3v) is 4.30. The van der Waals surface area contributed by atoms with E-state index in [2.05, 4.69) is 45.2 Å². The molecule has 94 valence electrons. The zero-order valence-electron chi connectivity index (χ0n) is 10.2. The van der Waals surface area contributed by atoms with E-state index in [-0.39, 0.29) is 0 Å². The van der Waals surface area contributed by atoms with Crippen LogP contribution in [0.25, 0.3) is 0 Å². The Labute approximate surface area is 116 Å². The molecule has 1 aliphatic heterocycles. The summed E-state index contributed by atoms with van der Waals surface area (Å²) in [5.74, 6) is 0. The van der Waals surface area contributed by atoms with Gasteiger partial charge in [-0.15, -0.1) is 0 Å². The smallest absolute Gasteiger partial charge is 0.0650 e. The van der Waals surface area contributed by atoms with Gasteiger partial charge in [-0.05, 0) is 45.0 Å². The molecule has 4 heteroatoms. The second kappa shape index (κ2) is 5.59. The van der Waals surface area contributed by atoms with E-state index in [4.69, 9.17) is 11.6 Å². The molecule has 0 amide bonds. The maximum absolute atomic E-state index is 6.31. The van der Waals surface area contributed by atoms with Crippen molar-refractivity contribution in [3.05, 3.63) is 27.7 Å². The van der Waals surface area contributed by atoms with Gasteiger partial charge in [0.15, 0.2) is 0 Å². The first-order valence-corrected chi connectivity index (χ1v) is 7.18. The van der Waals surface area contributed by atoms with Crippen LogP contribution in [-0.2, 0) is 0 Å². The minimum absolute atomic E-state index is 0.528. The Morgan fingerprint density at radius 3 is 2.82 bits per heavy atom. The van der Waals surface area contributed by atoms with Crippen molar-refractivity contribution in [1.29, 1.82) is 0 Å². The molecular weight excluding hydrogens is 300 g/mol. The van der Waals surface area contributed by atoms with Gasteiger partial charge in [0.25, 0.3) is 0 Å². The monoisotopic (exact) mass is 316 g/mol. The van der Waals surface area contributed by atoms with Crippen LogP contribution >= 0.6 is 27.5 Å². The quantitative estimate of drug-likeness (QED) is 0.895. The van der Waals surface area contributed by atoms with Crippen molar-refractivity contribution in [1.82, 2.24) is 5.32 Å². The zero-order valence-corrected chi connectivity index (χ0v) is 12.6. The van der Waals surface area contributed by atoms with E-state index in [1.807, 2.05) is 13.1 Å². The number of nitrogens with one attached hydrogen (secondary N) is 1. The van der Waals surface area contributed by atoms with E-state index < -0.39 is 0 Å². The van der Waals surface area contributed by atoms with Gasteiger partial charge in [-0.3, -0.25) is 0 Å². The number of piperidine rings is 1. The van der Waals surface area contributed by atoms with Crippen molar-refractivity contribution in [2.24, 2.45) is 0 Å². The number of rotatable bonds is 2. The first-order chi connectivity index (χ1) is 8.11. The molecule has 0 aliphatic carbocycles. The lowest BCUT2D eigenvalue weighted by Gasteiger charge is -2.39. The largest absolute Gasteiger partial charge is 0.368 e. The van der Waals surface area contributed by atoms with Gasteiger partial charge in [0.2, 0.25) is 0 Å². The number of anilines is 1. The van der Waals surface area contributed by atoms with E-state index >= 15 is 0 Å². The summed E-state index contributed by atoms with van der Waals surface area (Å²) in [6.45, 7) is 3.33. The lowest BCUT2D eigenvalue weighted by Crippen LogP contribution is -2.46. The summed E-state index contributed by atoms with van der Waals surface area (Å²) < 4.78 is 1.03. The molecule has 0 spiro atoms. The van der Waals surface area contributed by atoms with Crippen LogP contribution in [0.2, 0.25) is 5.02 Å². The molecule has 0 radical (unpaired) electrons. The fraction of sp³-hybridized carbons (Fsp3) is 0.538. The van der Waals surface area contributed by atoms with Gasteiger partial charge in [-0.25, -0.2) is 0 Å². The zero-order chi connectivity index (χ0) is 12.4. The average Bonchev–Trinajstić information content (AvgIpc) is 2.30. The molecule has 2 atom stereocenters. The molecule has 1 aliphatic rings. The molecule has 1 aromatic rings. The fourth-order valence-corrected chi connectivity index (χ4v) is 3.29. The van der Waals surface area contributed by atoms with Crippen LogP contribution in [-0.4, -0.2) is 25.7 Å². The van der Waals surface area contributed by atoms with E-state index in [9.17, 15) is 0 Å². The molecule has 1 N–H and O–H groups in total. The SMILES string of the molecule is CNC1CCN(c2ccc(Br)cc2Cl)C(C)C1. The van der Waals surface area contributed by atoms with E-state index in [0.717, 1.165) is 21.7 Å². The Morgan fingerprint density at radius 2 is 2.24 bits per heavy atom. The predicted octanol–water partition coefficient (Wildman–Crippen LogP) is 3.68. The third-order valence-electron chi connectivity index (χ3n) is 3.50. The van der Waals surface area contributed by atoms with Gasteiger partial charge in [0, 0.05) is 23.1 Å². The number of hydrogen-bond donors (Lipinski definition) is 1. The van der Waals surface area contributed by atoms with Crippen LogP contribution in [0.5, 0.6) is 0 Å². The van der Waals surface area contributed by atoms with Crippen molar-refractivity contribution in [3.63, 3.8) is 0 Å². The maximum atomic E-state index is 6.31. The number of hydrogen-bond acceptors (Lipinski definition) is 2. The third kappa shape index (κ3) is 2.95. The Balaban J connectivity index is 2.17. The second-order valence-corrected chi connectivity index (χ2v) is 5.97. The molecular formula is C13H18BrClN2. The molecule has 2 rings (SSSR count). The lowest BCUT2D eigenvalue weighted by molar-refractivity contribution is 0.387. The fourth-order valence-electron chi connectivity index (χ4n) is 2.51. The summed E-state index contributed by atoms with van der Waals surface area (Å²) in [4.78, 5) is 2.41. The van der Waals surface area contributed by atoms with Gasteiger partial charge >= 0.3 is 0 Å². The van der Waals surface area contributed by atoms with Crippen molar-refractivity contribution >= 4 is 33.2 Å². The minimum Gasteiger partial charge on any atom is -0.368 e. The highest BCUT2D eigenvalue weighted by Gasteiger charge is 2.25. The average molecular weight is 318 g/mol. The van der Waals surface area contributed by atoms with E-state index in [1.165, 1.54) is 12.8 Å². The predicted molar refractivity (Wildman–Crippen MR) is 78.0 cm³/mol.